The zero-order valence-electron chi connectivity index (χ0n) is 11.8. The van der Waals surface area contributed by atoms with Crippen LogP contribution in [0.4, 0.5) is 8.78 Å². The van der Waals surface area contributed by atoms with E-state index >= 15 is 0 Å². The maximum atomic E-state index is 12.6. The van der Waals surface area contributed by atoms with Gasteiger partial charge in [-0.3, -0.25) is 4.79 Å². The van der Waals surface area contributed by atoms with E-state index in [1.165, 1.54) is 6.07 Å². The number of halogens is 2. The van der Waals surface area contributed by atoms with E-state index < -0.39 is 6.61 Å². The van der Waals surface area contributed by atoms with Crippen molar-refractivity contribution < 1.29 is 23.0 Å². The first-order valence-electron chi connectivity index (χ1n) is 7.00. The van der Waals surface area contributed by atoms with Gasteiger partial charge in [0.15, 0.2) is 0 Å². The van der Waals surface area contributed by atoms with Gasteiger partial charge in [0, 0.05) is 13.1 Å². The van der Waals surface area contributed by atoms with Crippen LogP contribution in [0.1, 0.15) is 10.4 Å². The van der Waals surface area contributed by atoms with E-state index in [9.17, 15) is 13.6 Å². The Balaban J connectivity index is 2.02. The van der Waals surface area contributed by atoms with Gasteiger partial charge >= 0.3 is 6.61 Å². The molecule has 0 radical (unpaired) electrons. The molecule has 6 heteroatoms. The molecule has 1 aliphatic heterocycles. The van der Waals surface area contributed by atoms with Crippen molar-refractivity contribution in [2.24, 2.45) is 0 Å². The first-order valence-corrected chi connectivity index (χ1v) is 7.00. The minimum atomic E-state index is -2.97. The van der Waals surface area contributed by atoms with Gasteiger partial charge in [0.25, 0.3) is 5.91 Å². The number of alkyl halides is 2. The molecular weight excluding hydrogens is 292 g/mol. The highest BCUT2D eigenvalue weighted by molar-refractivity contribution is 6.01. The molecule has 1 saturated heterocycles. The van der Waals surface area contributed by atoms with Gasteiger partial charge < -0.3 is 14.4 Å². The minimum Gasteiger partial charge on any atom is -0.434 e. The Morgan fingerprint density at radius 1 is 1.14 bits per heavy atom. The van der Waals surface area contributed by atoms with Crippen molar-refractivity contribution >= 4 is 16.7 Å². The highest BCUT2D eigenvalue weighted by atomic mass is 19.3. The number of rotatable bonds is 3. The van der Waals surface area contributed by atoms with Crippen LogP contribution in [0.2, 0.25) is 0 Å². The summed E-state index contributed by atoms with van der Waals surface area (Å²) in [7, 11) is 0. The number of benzene rings is 2. The molecule has 0 aliphatic carbocycles. The van der Waals surface area contributed by atoms with Crippen molar-refractivity contribution in [3.8, 4) is 5.75 Å². The second-order valence-corrected chi connectivity index (χ2v) is 4.98. The Kier molecular flexibility index (Phi) is 4.20. The van der Waals surface area contributed by atoms with Gasteiger partial charge in [-0.2, -0.15) is 8.78 Å². The van der Waals surface area contributed by atoms with E-state index in [1.54, 1.807) is 23.1 Å². The van der Waals surface area contributed by atoms with E-state index in [2.05, 4.69) is 4.74 Å². The molecular formula is C16H15F2NO3. The fraction of sp³-hybridized carbons (Fsp3) is 0.312. The molecule has 0 atom stereocenters. The second-order valence-electron chi connectivity index (χ2n) is 4.98. The first kappa shape index (κ1) is 14.7. The molecule has 0 N–H and O–H groups in total. The number of hydrogen-bond donors (Lipinski definition) is 0. The maximum Gasteiger partial charge on any atom is 0.387 e. The third-order valence-electron chi connectivity index (χ3n) is 3.59. The smallest absolute Gasteiger partial charge is 0.387 e. The summed E-state index contributed by atoms with van der Waals surface area (Å²) in [5.41, 5.74) is 0.154. The Hall–Kier alpha value is -2.21. The van der Waals surface area contributed by atoms with Crippen molar-refractivity contribution in [1.29, 1.82) is 0 Å². The molecule has 2 aromatic carbocycles. The van der Waals surface area contributed by atoms with Gasteiger partial charge in [0.2, 0.25) is 0 Å². The number of ether oxygens (including phenoxy) is 2. The van der Waals surface area contributed by atoms with Gasteiger partial charge in [0.1, 0.15) is 5.75 Å². The number of hydrogen-bond acceptors (Lipinski definition) is 3. The summed E-state index contributed by atoms with van der Waals surface area (Å²) < 4.78 is 35.0. The van der Waals surface area contributed by atoms with Gasteiger partial charge in [-0.05, 0) is 22.9 Å². The summed E-state index contributed by atoms with van der Waals surface area (Å²) in [6.07, 6.45) is 0. The van der Waals surface area contributed by atoms with E-state index in [0.717, 1.165) is 10.8 Å². The molecule has 116 valence electrons. The highest BCUT2D eigenvalue weighted by Crippen LogP contribution is 2.28. The lowest BCUT2D eigenvalue weighted by molar-refractivity contribution is -0.0503. The second kappa shape index (κ2) is 6.27. The van der Waals surface area contributed by atoms with Crippen LogP contribution in [0.25, 0.3) is 10.8 Å². The zero-order valence-corrected chi connectivity index (χ0v) is 11.8. The third kappa shape index (κ3) is 3.01. The lowest BCUT2D eigenvalue weighted by atomic mass is 10.0. The molecule has 0 bridgehead atoms. The van der Waals surface area contributed by atoms with E-state index in [0.29, 0.717) is 26.3 Å². The van der Waals surface area contributed by atoms with Gasteiger partial charge in [-0.15, -0.1) is 0 Å². The number of fused-ring (bicyclic) bond motifs is 1. The Bertz CT molecular complexity index is 684. The molecule has 1 aliphatic rings. The average Bonchev–Trinajstić information content (AvgIpc) is 2.54. The lowest BCUT2D eigenvalue weighted by Gasteiger charge is -2.27. The van der Waals surface area contributed by atoms with Crippen LogP contribution in [0.5, 0.6) is 5.75 Å². The minimum absolute atomic E-state index is 0.0924. The number of amides is 1. The van der Waals surface area contributed by atoms with Crippen molar-refractivity contribution in [3.05, 3.63) is 42.0 Å². The summed E-state index contributed by atoms with van der Waals surface area (Å²) in [6, 6.07) is 10.3. The molecule has 0 aromatic heterocycles. The topological polar surface area (TPSA) is 38.8 Å². The third-order valence-corrected chi connectivity index (χ3v) is 3.59. The summed E-state index contributed by atoms with van der Waals surface area (Å²) in [6.45, 7) is -1.19. The molecule has 1 heterocycles. The van der Waals surface area contributed by atoms with Crippen LogP contribution in [0, 0.1) is 0 Å². The highest BCUT2D eigenvalue weighted by Gasteiger charge is 2.23. The monoisotopic (exact) mass is 307 g/mol. The molecule has 2 aromatic rings. The first-order chi connectivity index (χ1) is 10.6. The fourth-order valence-electron chi connectivity index (χ4n) is 2.52. The van der Waals surface area contributed by atoms with E-state index in [1.807, 2.05) is 12.1 Å². The van der Waals surface area contributed by atoms with Crippen LogP contribution >= 0.6 is 0 Å². The summed E-state index contributed by atoms with van der Waals surface area (Å²) in [5.74, 6) is -0.408. The Labute approximate surface area is 126 Å². The van der Waals surface area contributed by atoms with Crippen LogP contribution in [-0.2, 0) is 4.74 Å². The molecule has 1 fully saturated rings. The molecule has 1 amide bonds. The number of carbonyl (C=O) groups excluding carboxylic acids is 1. The standard InChI is InChI=1S/C16H15F2NO3/c17-16(18)22-14-10-12-4-2-1-3-11(12)9-13(14)15(20)19-5-7-21-8-6-19/h1-4,9-10,16H,5-8H2. The van der Waals surface area contributed by atoms with E-state index in [4.69, 9.17) is 4.74 Å². The number of morpholine rings is 1. The maximum absolute atomic E-state index is 12.6. The zero-order chi connectivity index (χ0) is 15.5. The SMILES string of the molecule is O=C(c1cc2ccccc2cc1OC(F)F)N1CCOCC1. The van der Waals surface area contributed by atoms with Gasteiger partial charge in [-0.1, -0.05) is 24.3 Å². The molecule has 22 heavy (non-hydrogen) atoms. The fourth-order valence-corrected chi connectivity index (χ4v) is 2.52. The molecule has 0 unspecified atom stereocenters. The lowest BCUT2D eigenvalue weighted by Crippen LogP contribution is -2.40. The van der Waals surface area contributed by atoms with Crippen molar-refractivity contribution in [3.63, 3.8) is 0 Å². The predicted molar refractivity (Wildman–Crippen MR) is 77.3 cm³/mol. The van der Waals surface area contributed by atoms with Crippen LogP contribution in [0.15, 0.2) is 36.4 Å². The summed E-state index contributed by atoms with van der Waals surface area (Å²) >= 11 is 0. The number of nitrogens with zero attached hydrogens (tertiary/aromatic N) is 1. The molecule has 4 nitrogen and oxygen atoms in total. The normalized spacial score (nSPS) is 15.3. The van der Waals surface area contributed by atoms with Crippen LogP contribution in [0.3, 0.4) is 0 Å². The Morgan fingerprint density at radius 2 is 1.77 bits per heavy atom. The van der Waals surface area contributed by atoms with Crippen molar-refractivity contribution in [1.82, 2.24) is 4.90 Å². The van der Waals surface area contributed by atoms with Gasteiger partial charge in [0.05, 0.1) is 18.8 Å². The number of carbonyl (C=O) groups is 1. The Morgan fingerprint density at radius 3 is 2.41 bits per heavy atom. The average molecular weight is 307 g/mol. The summed E-state index contributed by atoms with van der Waals surface area (Å²) in [5, 5.41) is 1.55. The quantitative estimate of drug-likeness (QED) is 0.875. The molecule has 3 rings (SSSR count). The summed E-state index contributed by atoms with van der Waals surface area (Å²) in [4.78, 5) is 14.2. The van der Waals surface area contributed by atoms with E-state index in [-0.39, 0.29) is 17.2 Å². The predicted octanol–water partition coefficient (Wildman–Crippen LogP) is 2.91. The van der Waals surface area contributed by atoms with Crippen molar-refractivity contribution in [2.45, 2.75) is 6.61 Å². The molecule has 0 spiro atoms. The van der Waals surface area contributed by atoms with Crippen molar-refractivity contribution in [2.75, 3.05) is 26.3 Å². The van der Waals surface area contributed by atoms with Crippen LogP contribution in [-0.4, -0.2) is 43.7 Å². The van der Waals surface area contributed by atoms with Crippen LogP contribution < -0.4 is 4.74 Å². The molecule has 0 saturated carbocycles. The van der Waals surface area contributed by atoms with Gasteiger partial charge in [-0.25, -0.2) is 0 Å². The largest absolute Gasteiger partial charge is 0.434 e.